The molecule has 0 spiro atoms. The van der Waals surface area contributed by atoms with Crippen molar-refractivity contribution in [3.63, 3.8) is 0 Å². The molecule has 0 aliphatic carbocycles. The molecule has 1 amide bonds. The summed E-state index contributed by atoms with van der Waals surface area (Å²) in [5.74, 6) is -2.21. The third-order valence-electron chi connectivity index (χ3n) is 0.731. The minimum absolute atomic E-state index is 0. The molecule has 0 unspecified atom stereocenters. The second kappa shape index (κ2) is 10.8. The molecule has 0 aliphatic heterocycles. The normalized spacial score (nSPS) is 9.42. The molecule has 0 heterocycles. The van der Waals surface area contributed by atoms with Gasteiger partial charge in [0.2, 0.25) is 0 Å². The number of hydrogen-bond acceptors (Lipinski definition) is 3. The summed E-state index contributed by atoms with van der Waals surface area (Å²) in [6.07, 6.45) is -0.470. The van der Waals surface area contributed by atoms with E-state index in [0.29, 0.717) is 0 Å². The molecule has 8 heteroatoms. The van der Waals surface area contributed by atoms with Crippen LogP contribution < -0.4 is 35.3 Å². The predicted octanol–water partition coefficient (Wildman–Crippen LogP) is -5.28. The molecule has 12 heavy (non-hydrogen) atoms. The van der Waals surface area contributed by atoms with E-state index in [2.05, 4.69) is 0 Å². The zero-order valence-electron chi connectivity index (χ0n) is 6.63. The van der Waals surface area contributed by atoms with Crippen molar-refractivity contribution in [1.82, 2.24) is 0 Å². The zero-order valence-corrected chi connectivity index (χ0v) is 8.63. The van der Waals surface area contributed by atoms with E-state index in [0.717, 1.165) is 0 Å². The summed E-state index contributed by atoms with van der Waals surface area (Å²) in [7, 11) is 0. The van der Waals surface area contributed by atoms with Crippen molar-refractivity contribution in [3.05, 3.63) is 5.73 Å². The molecule has 0 aromatic heterocycles. The molecule has 0 fully saturated rings. The van der Waals surface area contributed by atoms with Gasteiger partial charge in [0.1, 0.15) is 0 Å². The van der Waals surface area contributed by atoms with Crippen LogP contribution in [0, 0.1) is 0 Å². The minimum Gasteiger partial charge on any atom is -0.666 e. The van der Waals surface area contributed by atoms with Crippen LogP contribution in [-0.2, 0) is 9.59 Å². The average Bonchev–Trinajstić information content (AvgIpc) is 1.63. The average molecular weight is 190 g/mol. The number of hydrogen-bond donors (Lipinski definition) is 2. The van der Waals surface area contributed by atoms with Crippen molar-refractivity contribution in [2.75, 3.05) is 0 Å². The summed E-state index contributed by atoms with van der Waals surface area (Å²) in [5.41, 5.74) is 11.2. The zero-order chi connectivity index (χ0) is 7.44. The van der Waals surface area contributed by atoms with Crippen molar-refractivity contribution in [3.8, 4) is 0 Å². The Kier molecular flexibility index (Phi) is 20.4. The van der Waals surface area contributed by atoms with Crippen molar-refractivity contribution >= 4 is 11.9 Å². The number of aliphatic carboxylic acids is 1. The summed E-state index contributed by atoms with van der Waals surface area (Å²) in [6, 6.07) is -1.18. The molecule has 0 saturated carbocycles. The van der Waals surface area contributed by atoms with Crippen LogP contribution in [0.1, 0.15) is 6.42 Å². The number of carbonyl (C=O) groups is 2. The van der Waals surface area contributed by atoms with Crippen LogP contribution in [0.25, 0.3) is 5.73 Å². The van der Waals surface area contributed by atoms with E-state index in [9.17, 15) is 9.59 Å². The van der Waals surface area contributed by atoms with Crippen molar-refractivity contribution in [2.45, 2.75) is 12.5 Å². The Morgan fingerprint density at radius 1 is 1.42 bits per heavy atom. The van der Waals surface area contributed by atoms with E-state index < -0.39 is 24.3 Å². The van der Waals surface area contributed by atoms with Gasteiger partial charge in [-0.2, -0.15) is 0 Å². The fourth-order valence-electron chi connectivity index (χ4n) is 0.281. The Morgan fingerprint density at radius 2 is 1.75 bits per heavy atom. The number of carbonyl (C=O) groups excluding carboxylic acids is 1. The van der Waals surface area contributed by atoms with E-state index >= 15 is 0 Å². The van der Waals surface area contributed by atoms with Crippen LogP contribution in [0.15, 0.2) is 0 Å². The molecule has 68 valence electrons. The van der Waals surface area contributed by atoms with E-state index in [1.807, 2.05) is 0 Å². The number of carboxylic acid groups (broad SMARTS) is 1. The number of nitrogens with two attached hydrogens (primary N) is 1. The van der Waals surface area contributed by atoms with Gasteiger partial charge in [-0.25, -0.2) is 0 Å². The van der Waals surface area contributed by atoms with Crippen LogP contribution in [0.2, 0.25) is 0 Å². The van der Waals surface area contributed by atoms with Crippen LogP contribution in [0.4, 0.5) is 0 Å². The van der Waals surface area contributed by atoms with Crippen LogP contribution in [0.5, 0.6) is 0 Å². The molecule has 0 aromatic rings. The number of rotatable bonds is 3. The molecule has 7 nitrogen and oxygen atoms in total. The molecule has 0 rings (SSSR count). The maximum Gasteiger partial charge on any atom is 1.00 e. The summed E-state index contributed by atoms with van der Waals surface area (Å²) in [6.45, 7) is 0. The van der Waals surface area contributed by atoms with E-state index in [4.69, 9.17) is 16.6 Å². The summed E-state index contributed by atoms with van der Waals surface area (Å²) in [4.78, 5) is 19.8. The second-order valence-corrected chi connectivity index (χ2v) is 1.57. The van der Waals surface area contributed by atoms with Gasteiger partial charge in [-0.15, -0.1) is 0 Å². The van der Waals surface area contributed by atoms with Gasteiger partial charge in [-0.1, -0.05) is 0 Å². The molecule has 0 aliphatic rings. The van der Waals surface area contributed by atoms with Crippen molar-refractivity contribution in [2.24, 2.45) is 5.73 Å². The Labute approximate surface area is 91.0 Å². The van der Waals surface area contributed by atoms with Crippen molar-refractivity contribution in [1.29, 1.82) is 0 Å². The largest absolute Gasteiger partial charge is 1.00 e. The maximum absolute atomic E-state index is 9.96. The predicted molar refractivity (Wildman–Crippen MR) is 36.8 cm³/mol. The maximum atomic E-state index is 9.96. The van der Waals surface area contributed by atoms with Gasteiger partial charge in [0.25, 0.3) is 0 Å². The Hall–Kier alpha value is -0.180. The second-order valence-electron chi connectivity index (χ2n) is 1.57. The van der Waals surface area contributed by atoms with E-state index in [1.165, 1.54) is 0 Å². The molecule has 0 radical (unpaired) electrons. The van der Waals surface area contributed by atoms with Crippen LogP contribution in [-0.4, -0.2) is 34.0 Å². The van der Waals surface area contributed by atoms with Gasteiger partial charge in [0, 0.05) is 0 Å². The monoisotopic (exact) mass is 190 g/mol. The first-order valence-corrected chi connectivity index (χ1v) is 2.27. The quantitative estimate of drug-likeness (QED) is 0.424. The fourth-order valence-corrected chi connectivity index (χ4v) is 0.281. The standard InChI is InChI=1S/C4H8N2O3.Na.2H2O/c5-2(4(6)9)1-3(7)8;;;/h2H,1,5H2,(H3,6,7,8,9);;2*1H2/q;+1;;/p-1/t2-;;;/m0.../s1. The fraction of sp³-hybridized carbons (Fsp3) is 0.500. The number of carboxylic acids is 1. The Balaban J connectivity index is -0.000000107. The first-order chi connectivity index (χ1) is 4.04. The number of nitrogens with one attached hydrogen (secondary N) is 1. The van der Waals surface area contributed by atoms with Gasteiger partial charge in [0.15, 0.2) is 0 Å². The molecule has 1 atom stereocenters. The summed E-state index contributed by atoms with van der Waals surface area (Å²) in [5, 5.41) is 8.02. The molecule has 0 aromatic carbocycles. The Bertz CT molecular complexity index is 141. The molecule has 8 N–H and O–H groups in total. The summed E-state index contributed by atoms with van der Waals surface area (Å²) >= 11 is 0. The third kappa shape index (κ3) is 12.5. The van der Waals surface area contributed by atoms with Gasteiger partial charge in [0.05, 0.1) is 18.4 Å². The molecule has 0 bridgehead atoms. The van der Waals surface area contributed by atoms with Gasteiger partial charge in [-0.05, 0) is 0 Å². The van der Waals surface area contributed by atoms with Gasteiger partial charge >= 0.3 is 35.5 Å². The smallest absolute Gasteiger partial charge is 0.666 e. The molecule has 0 saturated heterocycles. The first kappa shape index (κ1) is 22.6. The SMILES string of the molecule is O.O.[NH-]C(=O)[C@@H](N)CC(=O)O.[Na+]. The topological polar surface area (TPSA) is 167 Å². The molecular formula is C4H11N2NaO5. The third-order valence-corrected chi connectivity index (χ3v) is 0.731. The molecular weight excluding hydrogens is 179 g/mol. The number of amides is 1. The minimum atomic E-state index is -1.18. The van der Waals surface area contributed by atoms with Gasteiger partial charge in [-0.3, -0.25) is 4.79 Å². The van der Waals surface area contributed by atoms with Crippen LogP contribution in [0.3, 0.4) is 0 Å². The van der Waals surface area contributed by atoms with E-state index in [1.54, 1.807) is 0 Å². The van der Waals surface area contributed by atoms with Crippen LogP contribution >= 0.6 is 0 Å². The first-order valence-electron chi connectivity index (χ1n) is 2.27. The summed E-state index contributed by atoms with van der Waals surface area (Å²) < 4.78 is 0. The van der Waals surface area contributed by atoms with E-state index in [-0.39, 0.29) is 40.5 Å². The van der Waals surface area contributed by atoms with Crippen molar-refractivity contribution < 1.29 is 55.2 Å². The Morgan fingerprint density at radius 3 is 1.83 bits per heavy atom. The van der Waals surface area contributed by atoms with Gasteiger partial charge < -0.3 is 32.3 Å².